The molecule has 2 N–H and O–H groups in total. The van der Waals surface area contributed by atoms with Crippen molar-refractivity contribution in [1.29, 1.82) is 0 Å². The lowest BCUT2D eigenvalue weighted by Gasteiger charge is -2.09. The highest BCUT2D eigenvalue weighted by Gasteiger charge is 2.21. The van der Waals surface area contributed by atoms with Crippen molar-refractivity contribution >= 4 is 5.91 Å². The maximum absolute atomic E-state index is 10.9. The molecule has 1 aromatic rings. The minimum atomic E-state index is 0.0830. The molecule has 0 saturated carbocycles. The molecule has 0 aromatic heterocycles. The molecular formula is C10H11NO2. The number of hydrogen-bond donors (Lipinski definition) is 2. The van der Waals surface area contributed by atoms with Crippen molar-refractivity contribution < 1.29 is 9.90 Å². The Balaban J connectivity index is 2.21. The van der Waals surface area contributed by atoms with Gasteiger partial charge in [-0.05, 0) is 24.1 Å². The van der Waals surface area contributed by atoms with Crippen LogP contribution in [-0.4, -0.2) is 11.0 Å². The summed E-state index contributed by atoms with van der Waals surface area (Å²) in [4.78, 5) is 10.9. The van der Waals surface area contributed by atoms with Crippen LogP contribution in [0.25, 0.3) is 0 Å². The molecule has 1 heterocycles. The smallest absolute Gasteiger partial charge is 0.220 e. The van der Waals surface area contributed by atoms with E-state index >= 15 is 0 Å². The van der Waals surface area contributed by atoms with Crippen LogP contribution in [-0.2, 0) is 4.79 Å². The van der Waals surface area contributed by atoms with Crippen LogP contribution in [0, 0.1) is 0 Å². The van der Waals surface area contributed by atoms with E-state index in [2.05, 4.69) is 5.32 Å². The summed E-state index contributed by atoms with van der Waals surface area (Å²) < 4.78 is 0. The normalized spacial score (nSPS) is 21.5. The predicted octanol–water partition coefficient (Wildman–Crippen LogP) is 1.34. The van der Waals surface area contributed by atoms with E-state index in [1.807, 2.05) is 6.07 Å². The van der Waals surface area contributed by atoms with Gasteiger partial charge in [0.15, 0.2) is 0 Å². The average molecular weight is 177 g/mol. The number of amides is 1. The Bertz CT molecular complexity index is 335. The van der Waals surface area contributed by atoms with E-state index in [1.54, 1.807) is 18.2 Å². The molecule has 1 fully saturated rings. The highest BCUT2D eigenvalue weighted by Crippen LogP contribution is 2.25. The first kappa shape index (κ1) is 8.10. The second-order valence-electron chi connectivity index (χ2n) is 3.25. The highest BCUT2D eigenvalue weighted by atomic mass is 16.3. The number of carbonyl (C=O) groups excluding carboxylic acids is 1. The monoisotopic (exact) mass is 177 g/mol. The van der Waals surface area contributed by atoms with Crippen LogP contribution in [0.5, 0.6) is 5.75 Å². The zero-order chi connectivity index (χ0) is 9.26. The van der Waals surface area contributed by atoms with Gasteiger partial charge in [0.2, 0.25) is 5.91 Å². The van der Waals surface area contributed by atoms with Crippen molar-refractivity contribution in [2.75, 3.05) is 0 Å². The Labute approximate surface area is 76.4 Å². The van der Waals surface area contributed by atoms with Crippen molar-refractivity contribution in [2.45, 2.75) is 18.9 Å². The fraction of sp³-hybridized carbons (Fsp3) is 0.300. The van der Waals surface area contributed by atoms with E-state index in [1.165, 1.54) is 0 Å². The van der Waals surface area contributed by atoms with Crippen LogP contribution in [0.3, 0.4) is 0 Å². The second-order valence-corrected chi connectivity index (χ2v) is 3.25. The third kappa shape index (κ3) is 1.64. The number of hydrogen-bond acceptors (Lipinski definition) is 2. The molecule has 13 heavy (non-hydrogen) atoms. The lowest BCUT2D eigenvalue weighted by atomic mass is 10.1. The van der Waals surface area contributed by atoms with E-state index in [4.69, 9.17) is 0 Å². The van der Waals surface area contributed by atoms with Gasteiger partial charge in [-0.1, -0.05) is 12.1 Å². The Kier molecular flexibility index (Phi) is 1.93. The maximum Gasteiger partial charge on any atom is 0.220 e. The molecule has 1 saturated heterocycles. The molecule has 0 bridgehead atoms. The van der Waals surface area contributed by atoms with Gasteiger partial charge in [0.1, 0.15) is 5.75 Å². The summed E-state index contributed by atoms with van der Waals surface area (Å²) in [5.74, 6) is 0.340. The third-order valence-corrected chi connectivity index (χ3v) is 2.27. The van der Waals surface area contributed by atoms with E-state index in [-0.39, 0.29) is 17.7 Å². The molecular weight excluding hydrogens is 166 g/mol. The fourth-order valence-electron chi connectivity index (χ4n) is 1.61. The largest absolute Gasteiger partial charge is 0.508 e. The molecule has 1 amide bonds. The van der Waals surface area contributed by atoms with E-state index in [0.29, 0.717) is 6.42 Å². The summed E-state index contributed by atoms with van der Waals surface area (Å²) in [5.41, 5.74) is 0.978. The summed E-state index contributed by atoms with van der Waals surface area (Å²) >= 11 is 0. The van der Waals surface area contributed by atoms with Crippen molar-refractivity contribution in [1.82, 2.24) is 5.32 Å². The first-order valence-corrected chi connectivity index (χ1v) is 4.34. The topological polar surface area (TPSA) is 49.3 Å². The number of nitrogens with one attached hydrogen (secondary N) is 1. The number of carbonyl (C=O) groups is 1. The Morgan fingerprint density at radius 2 is 2.31 bits per heavy atom. The number of aromatic hydroxyl groups is 1. The number of rotatable bonds is 1. The molecule has 3 heteroatoms. The van der Waals surface area contributed by atoms with E-state index in [9.17, 15) is 9.90 Å². The van der Waals surface area contributed by atoms with Gasteiger partial charge in [0.25, 0.3) is 0 Å². The zero-order valence-electron chi connectivity index (χ0n) is 7.16. The molecule has 0 aliphatic carbocycles. The van der Waals surface area contributed by atoms with Gasteiger partial charge in [-0.25, -0.2) is 0 Å². The Morgan fingerprint density at radius 1 is 1.46 bits per heavy atom. The molecule has 0 radical (unpaired) electrons. The van der Waals surface area contributed by atoms with Crippen LogP contribution >= 0.6 is 0 Å². The van der Waals surface area contributed by atoms with Crippen LogP contribution in [0.2, 0.25) is 0 Å². The Morgan fingerprint density at radius 3 is 2.92 bits per heavy atom. The summed E-state index contributed by atoms with van der Waals surface area (Å²) in [6.07, 6.45) is 1.41. The van der Waals surface area contributed by atoms with Gasteiger partial charge >= 0.3 is 0 Å². The summed E-state index contributed by atoms with van der Waals surface area (Å²) in [7, 11) is 0. The van der Waals surface area contributed by atoms with Crippen LogP contribution in [0.4, 0.5) is 0 Å². The molecule has 2 rings (SSSR count). The van der Waals surface area contributed by atoms with Gasteiger partial charge in [-0.3, -0.25) is 4.79 Å². The molecule has 0 unspecified atom stereocenters. The molecule has 0 spiro atoms. The summed E-state index contributed by atoms with van der Waals surface area (Å²) in [6.45, 7) is 0. The van der Waals surface area contributed by atoms with Crippen molar-refractivity contribution in [3.63, 3.8) is 0 Å². The average Bonchev–Trinajstić information content (AvgIpc) is 2.52. The standard InChI is InChI=1S/C10H11NO2/c12-8-3-1-2-7(6-8)9-4-5-10(13)11-9/h1-3,6,9,12H,4-5H2,(H,11,13)/t9-/m0/s1. The molecule has 1 atom stereocenters. The van der Waals surface area contributed by atoms with E-state index < -0.39 is 0 Å². The first-order chi connectivity index (χ1) is 6.25. The minimum Gasteiger partial charge on any atom is -0.508 e. The fourth-order valence-corrected chi connectivity index (χ4v) is 1.61. The molecule has 68 valence electrons. The highest BCUT2D eigenvalue weighted by molar-refractivity contribution is 5.78. The zero-order valence-corrected chi connectivity index (χ0v) is 7.16. The number of phenols is 1. The van der Waals surface area contributed by atoms with Gasteiger partial charge in [0.05, 0.1) is 6.04 Å². The summed E-state index contributed by atoms with van der Waals surface area (Å²) in [6, 6.07) is 7.10. The number of phenolic OH excluding ortho intramolecular Hbond substituents is 1. The molecule has 1 aliphatic rings. The van der Waals surface area contributed by atoms with E-state index in [0.717, 1.165) is 12.0 Å². The van der Waals surface area contributed by atoms with Crippen LogP contribution < -0.4 is 5.32 Å². The van der Waals surface area contributed by atoms with Crippen LogP contribution in [0.15, 0.2) is 24.3 Å². The predicted molar refractivity (Wildman–Crippen MR) is 48.2 cm³/mol. The van der Waals surface area contributed by atoms with Gasteiger partial charge in [-0.15, -0.1) is 0 Å². The van der Waals surface area contributed by atoms with Gasteiger partial charge < -0.3 is 10.4 Å². The molecule has 1 aliphatic heterocycles. The van der Waals surface area contributed by atoms with Crippen molar-refractivity contribution in [3.05, 3.63) is 29.8 Å². The summed E-state index contributed by atoms with van der Waals surface area (Å²) in [5, 5.41) is 12.1. The first-order valence-electron chi connectivity index (χ1n) is 4.34. The maximum atomic E-state index is 10.9. The quantitative estimate of drug-likeness (QED) is 0.680. The SMILES string of the molecule is O=C1CC[C@@H](c2cccc(O)c2)N1. The van der Waals surface area contributed by atoms with Crippen LogP contribution in [0.1, 0.15) is 24.4 Å². The number of benzene rings is 1. The van der Waals surface area contributed by atoms with Crippen molar-refractivity contribution in [2.24, 2.45) is 0 Å². The molecule has 1 aromatic carbocycles. The van der Waals surface area contributed by atoms with Gasteiger partial charge in [0, 0.05) is 6.42 Å². The molecule has 3 nitrogen and oxygen atoms in total. The second kappa shape index (κ2) is 3.09. The minimum absolute atomic E-state index is 0.0830. The van der Waals surface area contributed by atoms with Crippen molar-refractivity contribution in [3.8, 4) is 5.75 Å². The lowest BCUT2D eigenvalue weighted by molar-refractivity contribution is -0.119. The third-order valence-electron chi connectivity index (χ3n) is 2.27. The Hall–Kier alpha value is -1.51. The lowest BCUT2D eigenvalue weighted by Crippen LogP contribution is -2.18. The van der Waals surface area contributed by atoms with Gasteiger partial charge in [-0.2, -0.15) is 0 Å².